The van der Waals surface area contributed by atoms with Gasteiger partial charge in [-0.25, -0.2) is 9.78 Å². The quantitative estimate of drug-likeness (QED) is 0.281. The molecule has 8 heteroatoms. The third-order valence-corrected chi connectivity index (χ3v) is 8.41. The van der Waals surface area contributed by atoms with Crippen LogP contribution in [0.1, 0.15) is 68.9 Å². The predicted molar refractivity (Wildman–Crippen MR) is 144 cm³/mol. The zero-order chi connectivity index (χ0) is 25.7. The van der Waals surface area contributed by atoms with Gasteiger partial charge in [0.15, 0.2) is 0 Å². The summed E-state index contributed by atoms with van der Waals surface area (Å²) in [7, 11) is 0. The number of carbonyl (C=O) groups is 2. The lowest BCUT2D eigenvalue weighted by Gasteiger charge is -2.23. The molecule has 2 heterocycles. The van der Waals surface area contributed by atoms with Gasteiger partial charge in [0.1, 0.15) is 16.1 Å². The van der Waals surface area contributed by atoms with Crippen molar-refractivity contribution in [1.82, 2.24) is 4.98 Å². The summed E-state index contributed by atoms with van der Waals surface area (Å²) in [6, 6.07) is 14.5. The summed E-state index contributed by atoms with van der Waals surface area (Å²) < 4.78 is 5.35. The van der Waals surface area contributed by atoms with Crippen LogP contribution in [-0.4, -0.2) is 29.2 Å². The van der Waals surface area contributed by atoms with E-state index in [0.717, 1.165) is 41.0 Å². The Hall–Kier alpha value is -3.15. The summed E-state index contributed by atoms with van der Waals surface area (Å²) in [5.74, 6) is 0.323. The number of pyridine rings is 1. The molecular formula is C28H29N3O3S2. The van der Waals surface area contributed by atoms with Gasteiger partial charge in [-0.15, -0.1) is 23.1 Å². The van der Waals surface area contributed by atoms with Gasteiger partial charge in [0.2, 0.25) is 5.91 Å². The van der Waals surface area contributed by atoms with E-state index in [4.69, 9.17) is 4.74 Å². The van der Waals surface area contributed by atoms with Gasteiger partial charge in [0.05, 0.1) is 17.7 Å². The van der Waals surface area contributed by atoms with Gasteiger partial charge in [0.25, 0.3) is 0 Å². The van der Waals surface area contributed by atoms with Crippen molar-refractivity contribution >= 4 is 40.0 Å². The summed E-state index contributed by atoms with van der Waals surface area (Å²) in [5.41, 5.74) is 5.09. The molecule has 2 aromatic heterocycles. The molecule has 36 heavy (non-hydrogen) atoms. The van der Waals surface area contributed by atoms with Gasteiger partial charge in [-0.3, -0.25) is 4.79 Å². The molecule has 4 rings (SSSR count). The van der Waals surface area contributed by atoms with Gasteiger partial charge in [-0.05, 0) is 68.7 Å². The summed E-state index contributed by atoms with van der Waals surface area (Å²) in [6.45, 7) is 5.85. The highest BCUT2D eigenvalue weighted by Gasteiger charge is 2.30. The first kappa shape index (κ1) is 25.9. The highest BCUT2D eigenvalue weighted by Crippen LogP contribution is 2.43. The molecule has 1 aliphatic rings. The molecule has 1 aromatic carbocycles. The van der Waals surface area contributed by atoms with Crippen molar-refractivity contribution in [3.05, 3.63) is 74.8 Å². The van der Waals surface area contributed by atoms with Crippen molar-refractivity contribution in [1.29, 1.82) is 5.26 Å². The van der Waals surface area contributed by atoms with Crippen molar-refractivity contribution in [2.24, 2.45) is 0 Å². The molecule has 186 valence electrons. The normalized spacial score (nSPS) is 14.6. The number of nitrogens with one attached hydrogen (secondary N) is 1. The Kier molecular flexibility index (Phi) is 8.44. The monoisotopic (exact) mass is 519 g/mol. The lowest BCUT2D eigenvalue weighted by atomic mass is 9.83. The van der Waals surface area contributed by atoms with Crippen LogP contribution in [0.15, 0.2) is 41.4 Å². The van der Waals surface area contributed by atoms with Crippen LogP contribution >= 0.6 is 23.1 Å². The number of ether oxygens (including phenoxy) is 1. The Bertz CT molecular complexity index is 1310. The molecule has 3 aromatic rings. The molecule has 1 atom stereocenters. The van der Waals surface area contributed by atoms with Gasteiger partial charge in [-0.2, -0.15) is 5.26 Å². The van der Waals surface area contributed by atoms with Gasteiger partial charge >= 0.3 is 5.97 Å². The number of esters is 1. The first-order valence-electron chi connectivity index (χ1n) is 12.1. The lowest BCUT2D eigenvalue weighted by Crippen LogP contribution is -2.17. The maximum Gasteiger partial charge on any atom is 0.341 e. The summed E-state index contributed by atoms with van der Waals surface area (Å²) in [6.07, 6.45) is 2.81. The molecule has 0 saturated heterocycles. The smallest absolute Gasteiger partial charge is 0.341 e. The van der Waals surface area contributed by atoms with Crippen molar-refractivity contribution in [3.63, 3.8) is 0 Å². The zero-order valence-electron chi connectivity index (χ0n) is 20.7. The second-order valence-corrected chi connectivity index (χ2v) is 11.0. The Labute approximate surface area is 220 Å². The molecular weight excluding hydrogens is 490 g/mol. The van der Waals surface area contributed by atoms with Crippen LogP contribution < -0.4 is 5.32 Å². The van der Waals surface area contributed by atoms with Crippen LogP contribution in [0.5, 0.6) is 0 Å². The Morgan fingerprint density at radius 2 is 2.06 bits per heavy atom. The number of hydrogen-bond donors (Lipinski definition) is 1. The number of rotatable bonds is 8. The number of thiophene rings is 1. The van der Waals surface area contributed by atoms with Crippen molar-refractivity contribution < 1.29 is 14.3 Å². The molecule has 6 nitrogen and oxygen atoms in total. The fourth-order valence-corrected chi connectivity index (χ4v) is 6.95. The number of anilines is 1. The molecule has 0 fully saturated rings. The summed E-state index contributed by atoms with van der Waals surface area (Å²) in [4.78, 5) is 31.3. The number of aromatic nitrogens is 1. The number of aryl methyl sites for hydroxylation is 2. The maximum absolute atomic E-state index is 12.9. The summed E-state index contributed by atoms with van der Waals surface area (Å²) >= 11 is 2.89. The van der Waals surface area contributed by atoms with Crippen LogP contribution in [0, 0.1) is 25.2 Å². The number of nitriles is 1. The number of carbonyl (C=O) groups excluding carboxylic acids is 2. The van der Waals surface area contributed by atoms with Crippen LogP contribution in [-0.2, 0) is 22.4 Å². The summed E-state index contributed by atoms with van der Waals surface area (Å²) in [5, 5.41) is 13.7. The van der Waals surface area contributed by atoms with Crippen LogP contribution in [0.25, 0.3) is 0 Å². The van der Waals surface area contributed by atoms with E-state index in [0.29, 0.717) is 32.8 Å². The van der Waals surface area contributed by atoms with E-state index in [2.05, 4.69) is 40.6 Å². The SMILES string of the molecule is CCOC(=O)c1c(NC(=O)CCSc2nc(C)cc(C)c2C#N)sc2c1CCC(c1ccccc1)C2. The van der Waals surface area contributed by atoms with Crippen LogP contribution in [0.3, 0.4) is 0 Å². The van der Waals surface area contributed by atoms with Gasteiger partial charge in [-0.1, -0.05) is 30.3 Å². The van der Waals surface area contributed by atoms with Crippen LogP contribution in [0.2, 0.25) is 0 Å². The number of amides is 1. The largest absolute Gasteiger partial charge is 0.462 e. The van der Waals surface area contributed by atoms with E-state index in [1.807, 2.05) is 26.0 Å². The minimum Gasteiger partial charge on any atom is -0.462 e. The van der Waals surface area contributed by atoms with Crippen molar-refractivity contribution in [3.8, 4) is 6.07 Å². The van der Waals surface area contributed by atoms with Crippen molar-refractivity contribution in [2.75, 3.05) is 17.7 Å². The fourth-order valence-electron chi connectivity index (χ4n) is 4.58. The number of hydrogen-bond acceptors (Lipinski definition) is 7. The fraction of sp³-hybridized carbons (Fsp3) is 0.357. The maximum atomic E-state index is 12.9. The van der Waals surface area contributed by atoms with E-state index in [9.17, 15) is 14.9 Å². The molecule has 1 unspecified atom stereocenters. The van der Waals surface area contributed by atoms with E-state index in [-0.39, 0.29) is 24.9 Å². The third-order valence-electron chi connectivity index (χ3n) is 6.26. The van der Waals surface area contributed by atoms with Gasteiger partial charge in [0, 0.05) is 22.7 Å². The van der Waals surface area contributed by atoms with E-state index >= 15 is 0 Å². The zero-order valence-corrected chi connectivity index (χ0v) is 22.4. The Morgan fingerprint density at radius 1 is 1.28 bits per heavy atom. The first-order valence-corrected chi connectivity index (χ1v) is 13.9. The number of nitrogens with zero attached hydrogens (tertiary/aromatic N) is 2. The van der Waals surface area contributed by atoms with E-state index < -0.39 is 0 Å². The second kappa shape index (κ2) is 11.7. The molecule has 0 aliphatic heterocycles. The molecule has 1 amide bonds. The second-order valence-electron chi connectivity index (χ2n) is 8.80. The Morgan fingerprint density at radius 3 is 2.78 bits per heavy atom. The standard InChI is InChI=1S/C28H29N3O3S2/c1-4-34-28(33)25-21-11-10-20(19-8-6-5-7-9-19)15-23(21)36-27(25)31-24(32)12-13-35-26-22(16-29)17(2)14-18(3)30-26/h5-9,14,20H,4,10-13,15H2,1-3H3,(H,31,32). The highest BCUT2D eigenvalue weighted by molar-refractivity contribution is 7.99. The lowest BCUT2D eigenvalue weighted by molar-refractivity contribution is -0.115. The average Bonchev–Trinajstić information content (AvgIpc) is 3.21. The average molecular weight is 520 g/mol. The molecule has 0 radical (unpaired) electrons. The number of fused-ring (bicyclic) bond motifs is 1. The predicted octanol–water partition coefficient (Wildman–Crippen LogP) is 6.20. The minimum atomic E-state index is -0.379. The highest BCUT2D eigenvalue weighted by atomic mass is 32.2. The molecule has 0 saturated carbocycles. The van der Waals surface area contributed by atoms with Crippen LogP contribution in [0.4, 0.5) is 5.00 Å². The minimum absolute atomic E-state index is 0.172. The first-order chi connectivity index (χ1) is 17.4. The Balaban J connectivity index is 1.48. The van der Waals surface area contributed by atoms with Crippen molar-refractivity contribution in [2.45, 2.75) is 57.4 Å². The van der Waals surface area contributed by atoms with E-state index in [1.165, 1.54) is 28.7 Å². The third kappa shape index (κ3) is 5.80. The van der Waals surface area contributed by atoms with E-state index in [1.54, 1.807) is 6.92 Å². The molecule has 0 bridgehead atoms. The van der Waals surface area contributed by atoms with Gasteiger partial charge < -0.3 is 10.1 Å². The topological polar surface area (TPSA) is 92.1 Å². The molecule has 1 aliphatic carbocycles. The molecule has 0 spiro atoms. The molecule has 1 N–H and O–H groups in total. The number of benzene rings is 1. The number of thioether (sulfide) groups is 1.